The molecule has 3 aromatic carbocycles. The molecule has 200 valence electrons. The molecule has 1 heterocycles. The summed E-state index contributed by atoms with van der Waals surface area (Å²) in [6.45, 7) is 2.22. The highest BCUT2D eigenvalue weighted by atomic mass is 32.1. The molecule has 1 aliphatic carbocycles. The third-order valence-corrected chi connectivity index (χ3v) is 7.22. The van der Waals surface area contributed by atoms with Gasteiger partial charge >= 0.3 is 6.11 Å². The van der Waals surface area contributed by atoms with Gasteiger partial charge in [0.25, 0.3) is 0 Å². The minimum Gasteiger partial charge on any atom is -0.429 e. The first-order valence-electron chi connectivity index (χ1n) is 11.8. The molecule has 0 saturated heterocycles. The van der Waals surface area contributed by atoms with Crippen molar-refractivity contribution in [3.05, 3.63) is 99.3 Å². The molecule has 0 aliphatic heterocycles. The average Bonchev–Trinajstić information content (AvgIpc) is 3.28. The molecule has 4 aromatic rings. The zero-order valence-corrected chi connectivity index (χ0v) is 21.0. The first-order chi connectivity index (χ1) is 18.5. The van der Waals surface area contributed by atoms with Gasteiger partial charge in [0.15, 0.2) is 22.5 Å². The summed E-state index contributed by atoms with van der Waals surface area (Å²) in [5.74, 6) is -4.20. The first-order valence-corrected chi connectivity index (χ1v) is 12.6. The van der Waals surface area contributed by atoms with Crippen LogP contribution in [0.3, 0.4) is 0 Å². The number of allylic oxidation sites excluding steroid dienone is 2. The summed E-state index contributed by atoms with van der Waals surface area (Å²) in [5.41, 5.74) is 1.04. The van der Waals surface area contributed by atoms with Crippen molar-refractivity contribution in [2.75, 3.05) is 0 Å². The molecule has 10 heteroatoms. The summed E-state index contributed by atoms with van der Waals surface area (Å²) in [5, 5.41) is 0.368. The number of aromatic nitrogens is 1. The van der Waals surface area contributed by atoms with E-state index < -0.39 is 46.5 Å². The zero-order valence-electron chi connectivity index (χ0n) is 20.2. The van der Waals surface area contributed by atoms with Crippen LogP contribution in [0.25, 0.3) is 15.8 Å². The number of benzene rings is 3. The van der Waals surface area contributed by atoms with Crippen LogP contribution in [0.5, 0.6) is 5.75 Å². The first kappa shape index (κ1) is 26.8. The van der Waals surface area contributed by atoms with Crippen LogP contribution in [-0.4, -0.2) is 4.98 Å². The Hall–Kier alpha value is -3.84. The fourth-order valence-corrected chi connectivity index (χ4v) is 5.10. The average molecular weight is 562 g/mol. The van der Waals surface area contributed by atoms with E-state index in [0.29, 0.717) is 28.6 Å². The predicted octanol–water partition coefficient (Wildman–Crippen LogP) is 8.72. The standard InChI is InChI=1S/C29H18F7NOS/c1-15-2-5-17(6-3-15)18-7-8-24-25(12-18)39-26(37-24)9-4-16-10-20(30)27(21(31)11-16)29(35,36)38-19-13-22(32)28(34)23(33)14-19/h5,7-8,10-15H,2-3,6H2,1H3. The molecule has 1 atom stereocenters. The van der Waals surface area contributed by atoms with E-state index in [0.717, 1.165) is 29.5 Å². The predicted molar refractivity (Wildman–Crippen MR) is 134 cm³/mol. The van der Waals surface area contributed by atoms with Gasteiger partial charge in [-0.15, -0.1) is 11.3 Å². The van der Waals surface area contributed by atoms with Gasteiger partial charge in [0.1, 0.15) is 22.9 Å². The van der Waals surface area contributed by atoms with Crippen LogP contribution >= 0.6 is 11.3 Å². The van der Waals surface area contributed by atoms with E-state index in [1.165, 1.54) is 16.9 Å². The Kier molecular flexibility index (Phi) is 7.12. The van der Waals surface area contributed by atoms with E-state index in [-0.39, 0.29) is 17.7 Å². The smallest absolute Gasteiger partial charge is 0.429 e. The highest BCUT2D eigenvalue weighted by molar-refractivity contribution is 7.19. The summed E-state index contributed by atoms with van der Waals surface area (Å²) >= 11 is 1.29. The third-order valence-electron chi connectivity index (χ3n) is 6.28. The van der Waals surface area contributed by atoms with Crippen molar-refractivity contribution in [1.82, 2.24) is 4.98 Å². The van der Waals surface area contributed by atoms with Crippen molar-refractivity contribution >= 4 is 27.1 Å². The zero-order chi connectivity index (χ0) is 27.9. The molecular weight excluding hydrogens is 543 g/mol. The fourth-order valence-electron chi connectivity index (χ4n) is 4.24. The second-order valence-electron chi connectivity index (χ2n) is 9.20. The lowest BCUT2D eigenvalue weighted by molar-refractivity contribution is -0.189. The quantitative estimate of drug-likeness (QED) is 0.141. The molecule has 0 spiro atoms. The summed E-state index contributed by atoms with van der Waals surface area (Å²) < 4.78 is 103. The van der Waals surface area contributed by atoms with Crippen LogP contribution in [0.1, 0.15) is 47.9 Å². The highest BCUT2D eigenvalue weighted by Gasteiger charge is 2.41. The monoisotopic (exact) mass is 561 g/mol. The number of rotatable bonds is 4. The van der Waals surface area contributed by atoms with Gasteiger partial charge in [-0.1, -0.05) is 25.0 Å². The molecule has 0 radical (unpaired) electrons. The van der Waals surface area contributed by atoms with Crippen molar-refractivity contribution in [1.29, 1.82) is 0 Å². The van der Waals surface area contributed by atoms with Crippen LogP contribution in [0.4, 0.5) is 30.7 Å². The topological polar surface area (TPSA) is 22.1 Å². The number of hydrogen-bond acceptors (Lipinski definition) is 3. The van der Waals surface area contributed by atoms with E-state index >= 15 is 0 Å². The number of hydrogen-bond donors (Lipinski definition) is 0. The van der Waals surface area contributed by atoms with Crippen LogP contribution in [0.2, 0.25) is 0 Å². The number of ether oxygens (including phenoxy) is 1. The van der Waals surface area contributed by atoms with Gasteiger partial charge in [-0.2, -0.15) is 8.78 Å². The molecule has 2 nitrogen and oxygen atoms in total. The summed E-state index contributed by atoms with van der Waals surface area (Å²) in [4.78, 5) is 4.40. The molecule has 1 aromatic heterocycles. The molecule has 39 heavy (non-hydrogen) atoms. The summed E-state index contributed by atoms with van der Waals surface area (Å²) in [7, 11) is 0. The van der Waals surface area contributed by atoms with Crippen LogP contribution in [0.15, 0.2) is 48.5 Å². The Morgan fingerprint density at radius 1 is 0.923 bits per heavy atom. The lowest BCUT2D eigenvalue weighted by Crippen LogP contribution is -2.25. The van der Waals surface area contributed by atoms with E-state index in [2.05, 4.69) is 34.6 Å². The molecule has 1 unspecified atom stereocenters. The second-order valence-corrected chi connectivity index (χ2v) is 10.2. The molecular formula is C29H18F7NOS. The number of fused-ring (bicyclic) bond motifs is 1. The van der Waals surface area contributed by atoms with Crippen LogP contribution in [0, 0.1) is 46.8 Å². The highest BCUT2D eigenvalue weighted by Crippen LogP contribution is 2.36. The van der Waals surface area contributed by atoms with Gasteiger partial charge < -0.3 is 4.74 Å². The largest absolute Gasteiger partial charge is 0.432 e. The molecule has 0 N–H and O–H groups in total. The Labute approximate surface area is 222 Å². The third kappa shape index (κ3) is 5.64. The van der Waals surface area contributed by atoms with Crippen LogP contribution in [-0.2, 0) is 6.11 Å². The van der Waals surface area contributed by atoms with Gasteiger partial charge in [0.05, 0.1) is 10.2 Å². The van der Waals surface area contributed by atoms with Gasteiger partial charge in [-0.05, 0) is 66.5 Å². The lowest BCUT2D eigenvalue weighted by atomic mass is 9.88. The van der Waals surface area contributed by atoms with E-state index in [1.807, 2.05) is 18.2 Å². The Morgan fingerprint density at radius 2 is 1.62 bits per heavy atom. The number of nitrogens with zero attached hydrogens (tertiary/aromatic N) is 1. The van der Waals surface area contributed by atoms with Crippen molar-refractivity contribution < 1.29 is 35.5 Å². The SMILES string of the molecule is CC1CC=C(c2ccc3nc(C#Cc4cc(F)c(C(F)(F)Oc5cc(F)c(F)c(F)c5)c(F)c4)sc3c2)CC1. The van der Waals surface area contributed by atoms with E-state index in [4.69, 9.17) is 0 Å². The summed E-state index contributed by atoms with van der Waals surface area (Å²) in [6, 6.07) is 7.31. The molecule has 1 aliphatic rings. The molecule has 0 saturated carbocycles. The summed E-state index contributed by atoms with van der Waals surface area (Å²) in [6.07, 6.45) is 0.714. The minimum atomic E-state index is -4.67. The second kappa shape index (κ2) is 10.4. The Bertz CT molecular complexity index is 1640. The number of thiazole rings is 1. The normalized spacial score (nSPS) is 15.6. The maximum absolute atomic E-state index is 14.6. The van der Waals surface area contributed by atoms with Gasteiger partial charge in [0.2, 0.25) is 0 Å². The Morgan fingerprint density at radius 3 is 2.26 bits per heavy atom. The molecule has 0 fully saturated rings. The van der Waals surface area contributed by atoms with Crippen LogP contribution < -0.4 is 4.74 Å². The van der Waals surface area contributed by atoms with Gasteiger partial charge in [-0.3, -0.25) is 0 Å². The number of halogens is 7. The van der Waals surface area contributed by atoms with Crippen molar-refractivity contribution in [2.45, 2.75) is 32.3 Å². The van der Waals surface area contributed by atoms with E-state index in [1.54, 1.807) is 0 Å². The minimum absolute atomic E-state index is 0.134. The molecule has 5 rings (SSSR count). The van der Waals surface area contributed by atoms with Gasteiger partial charge in [-0.25, -0.2) is 26.9 Å². The maximum Gasteiger partial charge on any atom is 0.432 e. The van der Waals surface area contributed by atoms with Crippen molar-refractivity contribution in [2.24, 2.45) is 5.92 Å². The van der Waals surface area contributed by atoms with Gasteiger partial charge in [0, 0.05) is 17.7 Å². The molecule has 0 bridgehead atoms. The van der Waals surface area contributed by atoms with Crippen molar-refractivity contribution in [3.63, 3.8) is 0 Å². The molecule has 0 amide bonds. The van der Waals surface area contributed by atoms with Crippen molar-refractivity contribution in [3.8, 4) is 17.6 Å². The number of alkyl halides is 2. The Balaban J connectivity index is 1.38. The lowest BCUT2D eigenvalue weighted by Gasteiger charge is -2.19. The van der Waals surface area contributed by atoms with E-state index in [9.17, 15) is 30.7 Å². The maximum atomic E-state index is 14.6. The fraction of sp³-hybridized carbons (Fsp3) is 0.207.